The van der Waals surface area contributed by atoms with Gasteiger partial charge >= 0.3 is 5.97 Å². The molecule has 2 aliphatic rings. The quantitative estimate of drug-likeness (QED) is 0.851. The molecule has 0 unspecified atom stereocenters. The maximum absolute atomic E-state index is 12.6. The van der Waals surface area contributed by atoms with E-state index in [9.17, 15) is 14.7 Å². The number of carboxylic acids is 1. The summed E-state index contributed by atoms with van der Waals surface area (Å²) in [6.45, 7) is 1.08. The van der Waals surface area contributed by atoms with Crippen LogP contribution in [0, 0.1) is 5.41 Å². The van der Waals surface area contributed by atoms with Crippen molar-refractivity contribution >= 4 is 11.9 Å². The number of ether oxygens (including phenoxy) is 2. The first-order valence-corrected chi connectivity index (χ1v) is 7.78. The second-order valence-electron chi connectivity index (χ2n) is 6.16. The molecular weight excluding hydrogens is 298 g/mol. The van der Waals surface area contributed by atoms with Crippen LogP contribution in [0.1, 0.15) is 24.0 Å². The summed E-state index contributed by atoms with van der Waals surface area (Å²) in [5.41, 5.74) is 1.09. The molecular formula is C17H21NO5. The monoisotopic (exact) mass is 319 g/mol. The molecule has 6 heteroatoms. The lowest BCUT2D eigenvalue weighted by Crippen LogP contribution is -2.42. The molecule has 1 aromatic carbocycles. The summed E-state index contributed by atoms with van der Waals surface area (Å²) >= 11 is 0. The number of rotatable bonds is 4. The van der Waals surface area contributed by atoms with Gasteiger partial charge in [0.2, 0.25) is 5.91 Å². The number of carboxylic acid groups (broad SMARTS) is 1. The van der Waals surface area contributed by atoms with Gasteiger partial charge in [-0.2, -0.15) is 0 Å². The van der Waals surface area contributed by atoms with Gasteiger partial charge in [-0.05, 0) is 48.9 Å². The third kappa shape index (κ3) is 2.62. The molecule has 1 fully saturated rings. The molecule has 0 bridgehead atoms. The van der Waals surface area contributed by atoms with Crippen molar-refractivity contribution in [2.45, 2.75) is 25.7 Å². The van der Waals surface area contributed by atoms with Crippen molar-refractivity contribution in [3.63, 3.8) is 0 Å². The molecule has 6 nitrogen and oxygen atoms in total. The lowest BCUT2D eigenvalue weighted by molar-refractivity contribution is -0.153. The van der Waals surface area contributed by atoms with Gasteiger partial charge < -0.3 is 19.5 Å². The fourth-order valence-electron chi connectivity index (χ4n) is 3.20. The first-order valence-electron chi connectivity index (χ1n) is 7.78. The minimum Gasteiger partial charge on any atom is -0.493 e. The fraction of sp³-hybridized carbons (Fsp3) is 0.529. The minimum atomic E-state index is -1.16. The second-order valence-corrected chi connectivity index (χ2v) is 6.16. The van der Waals surface area contributed by atoms with Gasteiger partial charge in [-0.25, -0.2) is 0 Å². The molecule has 124 valence electrons. The maximum Gasteiger partial charge on any atom is 0.319 e. The lowest BCUT2D eigenvalue weighted by atomic mass is 10.0. The largest absolute Gasteiger partial charge is 0.493 e. The van der Waals surface area contributed by atoms with E-state index in [2.05, 4.69) is 0 Å². The summed E-state index contributed by atoms with van der Waals surface area (Å²) in [4.78, 5) is 25.6. The number of hydrogen-bond acceptors (Lipinski definition) is 4. The zero-order chi connectivity index (χ0) is 16.6. The van der Waals surface area contributed by atoms with E-state index in [0.717, 1.165) is 11.1 Å². The minimum absolute atomic E-state index is 0.239. The maximum atomic E-state index is 12.6. The Labute approximate surface area is 135 Å². The van der Waals surface area contributed by atoms with Gasteiger partial charge in [-0.3, -0.25) is 9.59 Å². The number of aliphatic carboxylic acids is 1. The Morgan fingerprint density at radius 3 is 1.87 bits per heavy atom. The highest BCUT2D eigenvalue weighted by atomic mass is 16.5. The average Bonchev–Trinajstić information content (AvgIpc) is 3.37. The van der Waals surface area contributed by atoms with E-state index in [1.807, 2.05) is 12.1 Å². The van der Waals surface area contributed by atoms with Crippen LogP contribution in [-0.4, -0.2) is 49.2 Å². The van der Waals surface area contributed by atoms with Gasteiger partial charge in [-0.15, -0.1) is 0 Å². The van der Waals surface area contributed by atoms with Crippen LogP contribution in [0.15, 0.2) is 12.1 Å². The molecule has 3 rings (SSSR count). The fourth-order valence-corrected chi connectivity index (χ4v) is 3.20. The number of carbonyl (C=O) groups excluding carboxylic acids is 1. The Kier molecular flexibility index (Phi) is 3.92. The normalized spacial score (nSPS) is 18.6. The molecule has 23 heavy (non-hydrogen) atoms. The summed E-state index contributed by atoms with van der Waals surface area (Å²) < 4.78 is 10.7. The third-order valence-corrected chi connectivity index (χ3v) is 4.86. The smallest absolute Gasteiger partial charge is 0.319 e. The van der Waals surface area contributed by atoms with Crippen LogP contribution in [0.4, 0.5) is 0 Å². The standard InChI is InChI=1S/C17H21NO5/c1-22-13-9-11-3-7-18(8-4-12(11)10-14(13)23-2)15(19)17(5-6-17)16(20)21/h9-10H,3-8H2,1-2H3,(H,20,21). The van der Waals surface area contributed by atoms with Crippen LogP contribution in [0.5, 0.6) is 11.5 Å². The van der Waals surface area contributed by atoms with Crippen LogP contribution in [0.3, 0.4) is 0 Å². The first kappa shape index (κ1) is 15.6. The van der Waals surface area contributed by atoms with Crippen molar-refractivity contribution in [1.82, 2.24) is 4.90 Å². The highest BCUT2D eigenvalue weighted by molar-refractivity contribution is 6.04. The van der Waals surface area contributed by atoms with Crippen molar-refractivity contribution in [2.75, 3.05) is 27.3 Å². The van der Waals surface area contributed by atoms with Gasteiger partial charge in [0.05, 0.1) is 14.2 Å². The Morgan fingerprint density at radius 1 is 1.04 bits per heavy atom. The molecule has 1 aromatic rings. The van der Waals surface area contributed by atoms with Crippen LogP contribution < -0.4 is 9.47 Å². The van der Waals surface area contributed by atoms with E-state index in [-0.39, 0.29) is 5.91 Å². The zero-order valence-electron chi connectivity index (χ0n) is 13.4. The Hall–Kier alpha value is -2.24. The SMILES string of the molecule is COc1cc2c(cc1OC)CCN(C(=O)C1(C(=O)O)CC1)CC2. The summed E-state index contributed by atoms with van der Waals surface area (Å²) in [7, 11) is 3.20. The van der Waals surface area contributed by atoms with E-state index in [4.69, 9.17) is 9.47 Å². The van der Waals surface area contributed by atoms with Gasteiger partial charge in [0.15, 0.2) is 11.5 Å². The number of hydrogen-bond donors (Lipinski definition) is 1. The molecule has 1 saturated carbocycles. The Morgan fingerprint density at radius 2 is 1.52 bits per heavy atom. The van der Waals surface area contributed by atoms with Gasteiger partial charge in [0.25, 0.3) is 0 Å². The van der Waals surface area contributed by atoms with E-state index in [0.29, 0.717) is 50.3 Å². The first-order chi connectivity index (χ1) is 11.0. The molecule has 0 radical (unpaired) electrons. The molecule has 1 heterocycles. The number of carbonyl (C=O) groups is 2. The summed E-state index contributed by atoms with van der Waals surface area (Å²) in [5, 5.41) is 9.30. The topological polar surface area (TPSA) is 76.1 Å². The van der Waals surface area contributed by atoms with Gasteiger partial charge in [0, 0.05) is 13.1 Å². The van der Waals surface area contributed by atoms with E-state index in [1.54, 1.807) is 19.1 Å². The van der Waals surface area contributed by atoms with Gasteiger partial charge in [-0.1, -0.05) is 0 Å². The average molecular weight is 319 g/mol. The molecule has 1 amide bonds. The molecule has 0 spiro atoms. The lowest BCUT2D eigenvalue weighted by Gasteiger charge is -2.23. The number of fused-ring (bicyclic) bond motifs is 1. The van der Waals surface area contributed by atoms with Crippen LogP contribution in [0.25, 0.3) is 0 Å². The zero-order valence-corrected chi connectivity index (χ0v) is 13.4. The van der Waals surface area contributed by atoms with Crippen molar-refractivity contribution in [3.8, 4) is 11.5 Å². The predicted octanol–water partition coefficient (Wildman–Crippen LogP) is 1.50. The van der Waals surface area contributed by atoms with Crippen molar-refractivity contribution in [2.24, 2.45) is 5.41 Å². The van der Waals surface area contributed by atoms with Crippen molar-refractivity contribution in [1.29, 1.82) is 0 Å². The van der Waals surface area contributed by atoms with E-state index >= 15 is 0 Å². The Bertz CT molecular complexity index is 616. The van der Waals surface area contributed by atoms with E-state index < -0.39 is 11.4 Å². The third-order valence-electron chi connectivity index (χ3n) is 4.86. The molecule has 0 aromatic heterocycles. The molecule has 1 N–H and O–H groups in total. The van der Waals surface area contributed by atoms with Gasteiger partial charge in [0.1, 0.15) is 5.41 Å². The summed E-state index contributed by atoms with van der Waals surface area (Å²) in [6, 6.07) is 3.90. The predicted molar refractivity (Wildman–Crippen MR) is 82.8 cm³/mol. The summed E-state index contributed by atoms with van der Waals surface area (Å²) in [5.74, 6) is 0.120. The molecule has 0 saturated heterocycles. The molecule has 0 atom stereocenters. The summed E-state index contributed by atoms with van der Waals surface area (Å²) in [6.07, 6.45) is 2.28. The van der Waals surface area contributed by atoms with Crippen molar-refractivity contribution in [3.05, 3.63) is 23.3 Å². The van der Waals surface area contributed by atoms with Crippen molar-refractivity contribution < 1.29 is 24.2 Å². The van der Waals surface area contributed by atoms with Crippen LogP contribution in [-0.2, 0) is 22.4 Å². The molecule has 1 aliphatic carbocycles. The second kappa shape index (κ2) is 5.76. The highest BCUT2D eigenvalue weighted by Gasteiger charge is 2.58. The number of nitrogens with zero attached hydrogens (tertiary/aromatic N) is 1. The Balaban J connectivity index is 1.80. The van der Waals surface area contributed by atoms with Crippen LogP contribution in [0.2, 0.25) is 0 Å². The number of methoxy groups -OCH3 is 2. The van der Waals surface area contributed by atoms with E-state index in [1.165, 1.54) is 0 Å². The number of benzene rings is 1. The van der Waals surface area contributed by atoms with Crippen LogP contribution >= 0.6 is 0 Å². The highest BCUT2D eigenvalue weighted by Crippen LogP contribution is 2.47. The molecule has 1 aliphatic heterocycles. The number of amides is 1.